The molecule has 0 fully saturated rings. The molecule has 0 radical (unpaired) electrons. The molecule has 2 aromatic carbocycles. The van der Waals surface area contributed by atoms with Gasteiger partial charge in [0.05, 0.1) is 10.9 Å². The number of para-hydroxylation sites is 1. The molecule has 0 aliphatic carbocycles. The fourth-order valence-corrected chi connectivity index (χ4v) is 3.30. The van der Waals surface area contributed by atoms with E-state index in [1.807, 2.05) is 18.2 Å². The number of nitrogens with zero attached hydrogens (tertiary/aromatic N) is 3. The zero-order valence-corrected chi connectivity index (χ0v) is 13.6. The molecule has 0 amide bonds. The average Bonchev–Trinajstić information content (AvgIpc) is 2.81. The van der Waals surface area contributed by atoms with Gasteiger partial charge in [0.2, 0.25) is 0 Å². The first-order chi connectivity index (χ1) is 12.1. The first kappa shape index (κ1) is 15.9. The lowest BCUT2D eigenvalue weighted by Gasteiger charge is -2.19. The lowest BCUT2D eigenvalue weighted by molar-refractivity contribution is 0.270. The Bertz CT molecular complexity index is 1000. The molecule has 25 heavy (non-hydrogen) atoms. The van der Waals surface area contributed by atoms with Crippen molar-refractivity contribution >= 4 is 10.9 Å². The van der Waals surface area contributed by atoms with Crippen molar-refractivity contribution in [2.24, 2.45) is 0 Å². The SMILES string of the molecule is O=c1c2ccccc2nc2n1CCN(Cc1ccc(F)c(F)c1)CC2. The predicted octanol–water partition coefficient (Wildman–Crippen LogP) is 2.73. The highest BCUT2D eigenvalue weighted by atomic mass is 19.2. The van der Waals surface area contributed by atoms with Crippen LogP contribution in [-0.2, 0) is 19.5 Å². The fraction of sp³-hybridized carbons (Fsp3) is 0.263. The number of benzene rings is 2. The third-order valence-electron chi connectivity index (χ3n) is 4.62. The number of halogens is 2. The van der Waals surface area contributed by atoms with E-state index < -0.39 is 11.6 Å². The van der Waals surface area contributed by atoms with Gasteiger partial charge >= 0.3 is 0 Å². The number of fused-ring (bicyclic) bond motifs is 2. The quantitative estimate of drug-likeness (QED) is 0.719. The number of aromatic nitrogens is 2. The molecule has 0 saturated carbocycles. The van der Waals surface area contributed by atoms with Crippen LogP contribution in [-0.4, -0.2) is 27.5 Å². The first-order valence-electron chi connectivity index (χ1n) is 8.26. The van der Waals surface area contributed by atoms with Crippen LogP contribution in [0.1, 0.15) is 11.4 Å². The van der Waals surface area contributed by atoms with Crippen molar-refractivity contribution in [1.29, 1.82) is 0 Å². The zero-order valence-electron chi connectivity index (χ0n) is 13.6. The number of hydrogen-bond donors (Lipinski definition) is 0. The normalized spacial score (nSPS) is 15.1. The summed E-state index contributed by atoms with van der Waals surface area (Å²) in [6.45, 7) is 2.42. The Morgan fingerprint density at radius 2 is 1.84 bits per heavy atom. The molecular weight excluding hydrogens is 324 g/mol. The van der Waals surface area contributed by atoms with Crippen LogP contribution in [0.15, 0.2) is 47.3 Å². The minimum Gasteiger partial charge on any atom is -0.297 e. The van der Waals surface area contributed by atoms with Gasteiger partial charge in [-0.05, 0) is 29.8 Å². The van der Waals surface area contributed by atoms with Crippen LogP contribution in [0.2, 0.25) is 0 Å². The summed E-state index contributed by atoms with van der Waals surface area (Å²) in [4.78, 5) is 19.4. The van der Waals surface area contributed by atoms with E-state index in [1.54, 1.807) is 16.7 Å². The van der Waals surface area contributed by atoms with E-state index in [-0.39, 0.29) is 5.56 Å². The second-order valence-electron chi connectivity index (χ2n) is 6.28. The molecule has 0 bridgehead atoms. The molecule has 0 atom stereocenters. The summed E-state index contributed by atoms with van der Waals surface area (Å²) in [6, 6.07) is 11.3. The van der Waals surface area contributed by atoms with Gasteiger partial charge in [0.25, 0.3) is 5.56 Å². The number of rotatable bonds is 2. The van der Waals surface area contributed by atoms with Crippen LogP contribution in [0.3, 0.4) is 0 Å². The Morgan fingerprint density at radius 1 is 1.00 bits per heavy atom. The topological polar surface area (TPSA) is 38.1 Å². The molecule has 0 N–H and O–H groups in total. The summed E-state index contributed by atoms with van der Waals surface area (Å²) in [6.07, 6.45) is 0.643. The van der Waals surface area contributed by atoms with Crippen LogP contribution >= 0.6 is 0 Å². The van der Waals surface area contributed by atoms with Gasteiger partial charge in [0, 0.05) is 32.6 Å². The fourth-order valence-electron chi connectivity index (χ4n) is 3.30. The Labute approximate surface area is 143 Å². The van der Waals surface area contributed by atoms with Gasteiger partial charge in [-0.25, -0.2) is 13.8 Å². The molecule has 1 aliphatic heterocycles. The summed E-state index contributed by atoms with van der Waals surface area (Å²) in [7, 11) is 0. The molecule has 1 aromatic heterocycles. The van der Waals surface area contributed by atoms with Crippen LogP contribution in [0.25, 0.3) is 10.9 Å². The molecule has 3 aromatic rings. The van der Waals surface area contributed by atoms with E-state index in [2.05, 4.69) is 9.88 Å². The zero-order chi connectivity index (χ0) is 17.4. The van der Waals surface area contributed by atoms with Gasteiger partial charge in [-0.2, -0.15) is 0 Å². The van der Waals surface area contributed by atoms with Crippen molar-refractivity contribution in [1.82, 2.24) is 14.5 Å². The lowest BCUT2D eigenvalue weighted by Crippen LogP contribution is -2.28. The van der Waals surface area contributed by atoms with Crippen LogP contribution < -0.4 is 5.56 Å². The molecular formula is C19H17F2N3O. The highest BCUT2D eigenvalue weighted by molar-refractivity contribution is 5.77. The van der Waals surface area contributed by atoms with Crippen LogP contribution in [0.4, 0.5) is 8.78 Å². The minimum atomic E-state index is -0.838. The van der Waals surface area contributed by atoms with Crippen LogP contribution in [0, 0.1) is 11.6 Å². The van der Waals surface area contributed by atoms with Crippen molar-refractivity contribution in [2.45, 2.75) is 19.5 Å². The van der Waals surface area contributed by atoms with E-state index in [1.165, 1.54) is 6.07 Å². The average molecular weight is 341 g/mol. The maximum absolute atomic E-state index is 13.4. The van der Waals surface area contributed by atoms with Gasteiger partial charge in [-0.3, -0.25) is 14.3 Å². The van der Waals surface area contributed by atoms with Crippen molar-refractivity contribution in [3.05, 3.63) is 75.8 Å². The lowest BCUT2D eigenvalue weighted by atomic mass is 10.2. The van der Waals surface area contributed by atoms with Gasteiger partial charge < -0.3 is 0 Å². The molecule has 4 rings (SSSR count). The maximum Gasteiger partial charge on any atom is 0.261 e. The van der Waals surface area contributed by atoms with Crippen molar-refractivity contribution in [3.8, 4) is 0 Å². The highest BCUT2D eigenvalue weighted by Gasteiger charge is 2.18. The highest BCUT2D eigenvalue weighted by Crippen LogP contribution is 2.15. The van der Waals surface area contributed by atoms with Gasteiger partial charge in [0.15, 0.2) is 11.6 Å². The Hall–Kier alpha value is -2.60. The van der Waals surface area contributed by atoms with Crippen molar-refractivity contribution in [2.75, 3.05) is 13.1 Å². The molecule has 0 saturated heterocycles. The smallest absolute Gasteiger partial charge is 0.261 e. The predicted molar refractivity (Wildman–Crippen MR) is 91.3 cm³/mol. The molecule has 4 nitrogen and oxygen atoms in total. The molecule has 0 unspecified atom stereocenters. The molecule has 0 spiro atoms. The molecule has 6 heteroatoms. The van der Waals surface area contributed by atoms with E-state index in [9.17, 15) is 13.6 Å². The Kier molecular flexibility index (Phi) is 4.05. The second-order valence-corrected chi connectivity index (χ2v) is 6.28. The molecule has 128 valence electrons. The van der Waals surface area contributed by atoms with Gasteiger partial charge in [-0.1, -0.05) is 18.2 Å². The third-order valence-corrected chi connectivity index (χ3v) is 4.62. The van der Waals surface area contributed by atoms with E-state index in [0.29, 0.717) is 43.5 Å². The van der Waals surface area contributed by atoms with Crippen LogP contribution in [0.5, 0.6) is 0 Å². The summed E-state index contributed by atoms with van der Waals surface area (Å²) in [5.74, 6) is -0.898. The van der Waals surface area contributed by atoms with Crippen molar-refractivity contribution < 1.29 is 8.78 Å². The van der Waals surface area contributed by atoms with E-state index in [4.69, 9.17) is 0 Å². The molecule has 2 heterocycles. The summed E-state index contributed by atoms with van der Waals surface area (Å²) in [5.41, 5.74) is 1.42. The van der Waals surface area contributed by atoms with E-state index >= 15 is 0 Å². The third kappa shape index (κ3) is 3.05. The molecule has 1 aliphatic rings. The number of hydrogen-bond acceptors (Lipinski definition) is 3. The largest absolute Gasteiger partial charge is 0.297 e. The summed E-state index contributed by atoms with van der Waals surface area (Å²) < 4.78 is 28.2. The monoisotopic (exact) mass is 341 g/mol. The second kappa shape index (κ2) is 6.37. The Morgan fingerprint density at radius 3 is 2.68 bits per heavy atom. The summed E-state index contributed by atoms with van der Waals surface area (Å²) in [5, 5.41) is 0.625. The van der Waals surface area contributed by atoms with E-state index in [0.717, 1.165) is 17.5 Å². The summed E-state index contributed by atoms with van der Waals surface area (Å²) >= 11 is 0. The minimum absolute atomic E-state index is 0.0183. The van der Waals surface area contributed by atoms with Crippen molar-refractivity contribution in [3.63, 3.8) is 0 Å². The Balaban J connectivity index is 1.59. The standard InChI is InChI=1S/C19H17F2N3O/c20-15-6-5-13(11-16(15)21)12-23-8-7-18-22-17-4-2-1-3-14(17)19(25)24(18)10-9-23/h1-6,11H,7-10,12H2. The maximum atomic E-state index is 13.4. The first-order valence-corrected chi connectivity index (χ1v) is 8.26. The van der Waals surface area contributed by atoms with Gasteiger partial charge in [0.1, 0.15) is 5.82 Å². The van der Waals surface area contributed by atoms with Gasteiger partial charge in [-0.15, -0.1) is 0 Å².